The third-order valence-electron chi connectivity index (χ3n) is 2.55. The van der Waals surface area contributed by atoms with Gasteiger partial charge >= 0.3 is 0 Å². The lowest BCUT2D eigenvalue weighted by molar-refractivity contribution is -0.115. The van der Waals surface area contributed by atoms with E-state index in [2.05, 4.69) is 5.32 Å². The van der Waals surface area contributed by atoms with Crippen molar-refractivity contribution in [1.29, 1.82) is 0 Å². The van der Waals surface area contributed by atoms with E-state index in [0.717, 1.165) is 25.7 Å². The monoisotopic (exact) mass is 353 g/mol. The van der Waals surface area contributed by atoms with Crippen molar-refractivity contribution in [1.82, 2.24) is 5.32 Å². The van der Waals surface area contributed by atoms with Crippen LogP contribution in [0, 0.1) is 0 Å². The Hall–Kier alpha value is -1.21. The lowest BCUT2D eigenvalue weighted by Crippen LogP contribution is -2.17. The van der Waals surface area contributed by atoms with Crippen LogP contribution in [-0.2, 0) is 4.79 Å². The minimum Gasteiger partial charge on any atom is -0.282 e. The van der Waals surface area contributed by atoms with Crippen LogP contribution in [0.2, 0.25) is 5.02 Å². The summed E-state index contributed by atoms with van der Waals surface area (Å²) in [5, 5.41) is 2.63. The third kappa shape index (κ3) is 3.71. The molecule has 1 aromatic carbocycles. The maximum Gasteiger partial charge on any atom is 0.290 e. The molecule has 1 fully saturated rings. The number of thiophene rings is 1. The summed E-state index contributed by atoms with van der Waals surface area (Å²) < 4.78 is 1.11. The molecule has 106 valence electrons. The molecule has 0 atom stereocenters. The number of nitrogens with one attached hydrogen (secondary N) is 1. The first-order chi connectivity index (χ1) is 10.1. The van der Waals surface area contributed by atoms with Gasteiger partial charge in [-0.05, 0) is 54.2 Å². The summed E-state index contributed by atoms with van der Waals surface area (Å²) in [6.07, 6.45) is 1.74. The number of hydrogen-bond acceptors (Lipinski definition) is 5. The van der Waals surface area contributed by atoms with Crippen molar-refractivity contribution in [3.8, 4) is 0 Å². The van der Waals surface area contributed by atoms with Crippen molar-refractivity contribution in [3.05, 3.63) is 51.2 Å². The molecule has 7 heteroatoms. The lowest BCUT2D eigenvalue weighted by Gasteiger charge is -1.97. The number of carbonyl (C=O) groups excluding carboxylic acids is 2. The molecule has 2 aromatic rings. The van der Waals surface area contributed by atoms with Gasteiger partial charge in [-0.25, -0.2) is 0 Å². The molecular weight excluding hydrogens is 346 g/mol. The van der Waals surface area contributed by atoms with Crippen LogP contribution in [-0.4, -0.2) is 11.1 Å². The zero-order valence-electron chi connectivity index (χ0n) is 10.5. The van der Waals surface area contributed by atoms with Crippen molar-refractivity contribution < 1.29 is 9.59 Å². The number of imide groups is 1. The van der Waals surface area contributed by atoms with Crippen LogP contribution in [0.4, 0.5) is 4.79 Å². The number of hydrogen-bond donors (Lipinski definition) is 1. The highest BCUT2D eigenvalue weighted by atomic mass is 35.5. The van der Waals surface area contributed by atoms with E-state index in [0.29, 0.717) is 9.93 Å². The van der Waals surface area contributed by atoms with E-state index in [-0.39, 0.29) is 11.1 Å². The first-order valence-electron chi connectivity index (χ1n) is 5.88. The van der Waals surface area contributed by atoms with Crippen LogP contribution >= 0.6 is 46.5 Å². The van der Waals surface area contributed by atoms with Crippen molar-refractivity contribution in [2.45, 2.75) is 9.10 Å². The maximum absolute atomic E-state index is 11.5. The van der Waals surface area contributed by atoms with Gasteiger partial charge in [0.05, 0.1) is 9.11 Å². The highest BCUT2D eigenvalue weighted by Gasteiger charge is 2.25. The first-order valence-corrected chi connectivity index (χ1v) is 8.71. The molecule has 0 radical (unpaired) electrons. The fourth-order valence-electron chi connectivity index (χ4n) is 1.64. The topological polar surface area (TPSA) is 46.2 Å². The molecule has 0 saturated carbocycles. The zero-order chi connectivity index (χ0) is 14.8. The van der Waals surface area contributed by atoms with E-state index in [1.54, 1.807) is 29.2 Å². The van der Waals surface area contributed by atoms with Gasteiger partial charge < -0.3 is 0 Å². The molecular formula is C14H8ClNO2S3. The smallest absolute Gasteiger partial charge is 0.282 e. The lowest BCUT2D eigenvalue weighted by atomic mass is 10.4. The summed E-state index contributed by atoms with van der Waals surface area (Å²) in [6, 6.07) is 11.6. The average Bonchev–Trinajstić information content (AvgIpc) is 3.00. The number of benzene rings is 1. The molecule has 0 aliphatic carbocycles. The van der Waals surface area contributed by atoms with Crippen molar-refractivity contribution in [2.24, 2.45) is 0 Å². The highest BCUT2D eigenvalue weighted by Crippen LogP contribution is 2.36. The maximum atomic E-state index is 11.5. The number of amides is 2. The Kier molecular flexibility index (Phi) is 4.40. The quantitative estimate of drug-likeness (QED) is 0.799. The largest absolute Gasteiger partial charge is 0.290 e. The first kappa shape index (κ1) is 14.7. The summed E-state index contributed by atoms with van der Waals surface area (Å²) in [7, 11) is 0. The van der Waals surface area contributed by atoms with Gasteiger partial charge in [0.25, 0.3) is 11.1 Å². The molecule has 2 heterocycles. The van der Waals surface area contributed by atoms with Gasteiger partial charge in [0.1, 0.15) is 0 Å². The van der Waals surface area contributed by atoms with Crippen LogP contribution in [0.3, 0.4) is 0 Å². The fourth-order valence-corrected chi connectivity index (χ4v) is 4.58. The Balaban J connectivity index is 1.74. The van der Waals surface area contributed by atoms with Gasteiger partial charge in [-0.3, -0.25) is 14.9 Å². The SMILES string of the molecule is O=C1NC(=O)C(=Cc2ccc(Sc3ccc(Cl)cc3)s2)S1. The normalized spacial score (nSPS) is 16.5. The fraction of sp³-hybridized carbons (Fsp3) is 0. The minimum absolute atomic E-state index is 0.321. The molecule has 21 heavy (non-hydrogen) atoms. The van der Waals surface area contributed by atoms with Crippen LogP contribution in [0.1, 0.15) is 4.88 Å². The number of halogens is 1. The zero-order valence-corrected chi connectivity index (χ0v) is 13.7. The standard InChI is InChI=1S/C14H8ClNO2S3/c15-8-1-3-9(4-2-8)19-12-6-5-10(20-12)7-11-13(17)16-14(18)21-11/h1-7H,(H,16,17,18). The Labute approximate surface area is 138 Å². The predicted octanol–water partition coefficient (Wildman–Crippen LogP) is 4.88. The van der Waals surface area contributed by atoms with Gasteiger partial charge in [0.15, 0.2) is 0 Å². The van der Waals surface area contributed by atoms with Crippen molar-refractivity contribution >= 4 is 63.7 Å². The molecule has 0 unspecified atom stereocenters. The second-order valence-electron chi connectivity index (χ2n) is 4.07. The van der Waals surface area contributed by atoms with Gasteiger partial charge in [-0.2, -0.15) is 0 Å². The minimum atomic E-state index is -0.328. The van der Waals surface area contributed by atoms with Gasteiger partial charge in [0, 0.05) is 14.8 Å². The summed E-state index contributed by atoms with van der Waals surface area (Å²) in [6.45, 7) is 0. The summed E-state index contributed by atoms with van der Waals surface area (Å²) in [4.78, 5) is 25.1. The molecule has 3 rings (SSSR count). The van der Waals surface area contributed by atoms with Gasteiger partial charge in [-0.15, -0.1) is 11.3 Å². The second-order valence-corrected chi connectivity index (χ2v) is 8.01. The molecule has 1 N–H and O–H groups in total. The van der Waals surface area contributed by atoms with Crippen LogP contribution in [0.15, 0.2) is 50.4 Å². The molecule has 0 spiro atoms. The van der Waals surface area contributed by atoms with E-state index in [1.807, 2.05) is 36.4 Å². The van der Waals surface area contributed by atoms with E-state index in [9.17, 15) is 9.59 Å². The Morgan fingerprint density at radius 3 is 2.52 bits per heavy atom. The van der Waals surface area contributed by atoms with E-state index < -0.39 is 0 Å². The Morgan fingerprint density at radius 2 is 1.86 bits per heavy atom. The molecule has 1 aliphatic heterocycles. The predicted molar refractivity (Wildman–Crippen MR) is 89.0 cm³/mol. The highest BCUT2D eigenvalue weighted by molar-refractivity contribution is 8.18. The number of rotatable bonds is 3. The summed E-state index contributed by atoms with van der Waals surface area (Å²) >= 11 is 9.99. The molecule has 0 bridgehead atoms. The van der Waals surface area contributed by atoms with E-state index >= 15 is 0 Å². The van der Waals surface area contributed by atoms with Crippen LogP contribution in [0.5, 0.6) is 0 Å². The number of thioether (sulfide) groups is 1. The Bertz CT molecular complexity index is 737. The van der Waals surface area contributed by atoms with Crippen LogP contribution in [0.25, 0.3) is 6.08 Å². The summed E-state index contributed by atoms with van der Waals surface area (Å²) in [5.41, 5.74) is 0. The van der Waals surface area contributed by atoms with E-state index in [4.69, 9.17) is 11.6 Å². The number of carbonyl (C=O) groups is 2. The van der Waals surface area contributed by atoms with Gasteiger partial charge in [-0.1, -0.05) is 23.4 Å². The average molecular weight is 354 g/mol. The van der Waals surface area contributed by atoms with Crippen molar-refractivity contribution in [2.75, 3.05) is 0 Å². The summed E-state index contributed by atoms with van der Waals surface area (Å²) in [5.74, 6) is -0.328. The molecule has 1 aliphatic rings. The molecule has 3 nitrogen and oxygen atoms in total. The molecule has 1 saturated heterocycles. The molecule has 1 aromatic heterocycles. The van der Waals surface area contributed by atoms with E-state index in [1.165, 1.54) is 0 Å². The van der Waals surface area contributed by atoms with Crippen LogP contribution < -0.4 is 5.32 Å². The van der Waals surface area contributed by atoms with Crippen molar-refractivity contribution in [3.63, 3.8) is 0 Å². The second kappa shape index (κ2) is 6.27. The molecule has 2 amide bonds. The Morgan fingerprint density at radius 1 is 1.10 bits per heavy atom. The third-order valence-corrected chi connectivity index (χ3v) is 5.78. The van der Waals surface area contributed by atoms with Gasteiger partial charge in [0.2, 0.25) is 0 Å².